The molecule has 0 bridgehead atoms. The van der Waals surface area contributed by atoms with Crippen molar-refractivity contribution in [1.82, 2.24) is 0 Å². The molecule has 0 aliphatic heterocycles. The number of benzene rings is 2. The van der Waals surface area contributed by atoms with Crippen LogP contribution in [0.15, 0.2) is 57.7 Å². The Kier molecular flexibility index (Phi) is 4.70. The quantitative estimate of drug-likeness (QED) is 0.572. The van der Waals surface area contributed by atoms with Crippen LogP contribution in [0.2, 0.25) is 0 Å². The number of ether oxygens (including phenoxy) is 2. The molecular weight excluding hydrogens is 338 g/mol. The molecule has 0 unspecified atom stereocenters. The molecule has 3 rings (SSSR count). The lowest BCUT2D eigenvalue weighted by Gasteiger charge is -2.07. The van der Waals surface area contributed by atoms with Gasteiger partial charge in [-0.2, -0.15) is 0 Å². The molecule has 1 heterocycles. The molecule has 0 saturated heterocycles. The van der Waals surface area contributed by atoms with Crippen LogP contribution in [-0.4, -0.2) is 26.1 Å². The zero-order chi connectivity index (χ0) is 18.7. The number of rotatable bonds is 4. The van der Waals surface area contributed by atoms with Gasteiger partial charge in [0.2, 0.25) is 0 Å². The van der Waals surface area contributed by atoms with E-state index in [1.807, 2.05) is 0 Å². The predicted octanol–water partition coefficient (Wildman–Crippen LogP) is 2.84. The number of hydrogen-bond donors (Lipinski definition) is 1. The molecule has 7 nitrogen and oxygen atoms in total. The maximum Gasteiger partial charge on any atom is 0.349 e. The van der Waals surface area contributed by atoms with Crippen molar-refractivity contribution in [1.29, 1.82) is 0 Å². The lowest BCUT2D eigenvalue weighted by Crippen LogP contribution is -2.20. The standard InChI is InChI=1S/C19H15NO6/c1-24-14-6-7-16-12(9-14)10-15(19(23)26-16)17(21)20-13-5-3-4-11(8-13)18(22)25-2/h3-10H,1-2H3,(H,20,21). The van der Waals surface area contributed by atoms with Crippen LogP contribution in [-0.2, 0) is 4.74 Å². The molecular formula is C19H15NO6. The molecule has 0 radical (unpaired) electrons. The summed E-state index contributed by atoms with van der Waals surface area (Å²) in [6.07, 6.45) is 0. The molecule has 0 saturated carbocycles. The van der Waals surface area contributed by atoms with Crippen molar-refractivity contribution in [3.63, 3.8) is 0 Å². The summed E-state index contributed by atoms with van der Waals surface area (Å²) < 4.78 is 15.0. The summed E-state index contributed by atoms with van der Waals surface area (Å²) in [4.78, 5) is 36.1. The second kappa shape index (κ2) is 7.10. The maximum absolute atomic E-state index is 12.5. The fraction of sp³-hybridized carbons (Fsp3) is 0.105. The number of nitrogens with one attached hydrogen (secondary N) is 1. The van der Waals surface area contributed by atoms with E-state index in [9.17, 15) is 14.4 Å². The highest BCUT2D eigenvalue weighted by Crippen LogP contribution is 2.21. The van der Waals surface area contributed by atoms with Gasteiger partial charge in [0.15, 0.2) is 0 Å². The van der Waals surface area contributed by atoms with Gasteiger partial charge in [0.25, 0.3) is 5.91 Å². The summed E-state index contributed by atoms with van der Waals surface area (Å²) in [5, 5.41) is 3.13. The zero-order valence-electron chi connectivity index (χ0n) is 14.1. The zero-order valence-corrected chi connectivity index (χ0v) is 14.1. The molecule has 0 spiro atoms. The Bertz CT molecular complexity index is 1050. The normalized spacial score (nSPS) is 10.4. The first kappa shape index (κ1) is 17.2. The van der Waals surface area contributed by atoms with Crippen molar-refractivity contribution in [2.75, 3.05) is 19.5 Å². The van der Waals surface area contributed by atoms with Crippen LogP contribution in [0.25, 0.3) is 11.0 Å². The van der Waals surface area contributed by atoms with Crippen LogP contribution in [0.3, 0.4) is 0 Å². The number of amides is 1. The third-order valence-corrected chi connectivity index (χ3v) is 3.73. The number of carbonyl (C=O) groups excluding carboxylic acids is 2. The summed E-state index contributed by atoms with van der Waals surface area (Å²) >= 11 is 0. The third kappa shape index (κ3) is 3.41. The molecule has 1 amide bonds. The van der Waals surface area contributed by atoms with E-state index in [2.05, 4.69) is 10.1 Å². The van der Waals surface area contributed by atoms with Gasteiger partial charge < -0.3 is 19.2 Å². The lowest BCUT2D eigenvalue weighted by atomic mass is 10.1. The fourth-order valence-corrected chi connectivity index (χ4v) is 2.43. The molecule has 7 heteroatoms. The highest BCUT2D eigenvalue weighted by molar-refractivity contribution is 6.06. The van der Waals surface area contributed by atoms with Gasteiger partial charge in [0.05, 0.1) is 19.8 Å². The monoisotopic (exact) mass is 353 g/mol. The number of esters is 1. The van der Waals surface area contributed by atoms with E-state index < -0.39 is 17.5 Å². The van der Waals surface area contributed by atoms with Gasteiger partial charge in [0.1, 0.15) is 16.9 Å². The molecule has 1 N–H and O–H groups in total. The topological polar surface area (TPSA) is 94.8 Å². The van der Waals surface area contributed by atoms with Gasteiger partial charge >= 0.3 is 11.6 Å². The van der Waals surface area contributed by atoms with Gasteiger partial charge in [0, 0.05) is 11.1 Å². The Morgan fingerprint density at radius 3 is 2.58 bits per heavy atom. The minimum absolute atomic E-state index is 0.158. The number of hydrogen-bond acceptors (Lipinski definition) is 6. The Hall–Kier alpha value is -3.61. The lowest BCUT2D eigenvalue weighted by molar-refractivity contribution is 0.0600. The molecule has 0 aliphatic carbocycles. The molecule has 2 aromatic carbocycles. The van der Waals surface area contributed by atoms with Gasteiger partial charge in [-0.3, -0.25) is 4.79 Å². The van der Waals surface area contributed by atoms with Crippen molar-refractivity contribution >= 4 is 28.5 Å². The van der Waals surface area contributed by atoms with Crippen molar-refractivity contribution in [2.24, 2.45) is 0 Å². The van der Waals surface area contributed by atoms with Gasteiger partial charge in [-0.25, -0.2) is 9.59 Å². The van der Waals surface area contributed by atoms with Crippen molar-refractivity contribution in [3.05, 3.63) is 70.1 Å². The largest absolute Gasteiger partial charge is 0.497 e. The molecule has 26 heavy (non-hydrogen) atoms. The maximum atomic E-state index is 12.5. The minimum atomic E-state index is -0.760. The van der Waals surface area contributed by atoms with Gasteiger partial charge in [-0.05, 0) is 42.5 Å². The van der Waals surface area contributed by atoms with E-state index in [-0.39, 0.29) is 11.1 Å². The van der Waals surface area contributed by atoms with Gasteiger partial charge in [-0.1, -0.05) is 6.07 Å². The second-order valence-corrected chi connectivity index (χ2v) is 5.38. The number of carbonyl (C=O) groups is 2. The highest BCUT2D eigenvalue weighted by atomic mass is 16.5. The summed E-state index contributed by atoms with van der Waals surface area (Å²) in [5.74, 6) is -0.604. The van der Waals surface area contributed by atoms with E-state index in [0.717, 1.165) is 0 Å². The first-order chi connectivity index (χ1) is 12.5. The van der Waals surface area contributed by atoms with E-state index in [0.29, 0.717) is 22.4 Å². The number of methoxy groups -OCH3 is 2. The van der Waals surface area contributed by atoms with Crippen LogP contribution in [0.1, 0.15) is 20.7 Å². The predicted molar refractivity (Wildman–Crippen MR) is 94.8 cm³/mol. The van der Waals surface area contributed by atoms with Gasteiger partial charge in [-0.15, -0.1) is 0 Å². The van der Waals surface area contributed by atoms with Crippen LogP contribution < -0.4 is 15.7 Å². The Morgan fingerprint density at radius 2 is 1.85 bits per heavy atom. The molecule has 1 aromatic heterocycles. The molecule has 132 valence electrons. The second-order valence-electron chi connectivity index (χ2n) is 5.38. The van der Waals surface area contributed by atoms with E-state index >= 15 is 0 Å². The van der Waals surface area contributed by atoms with Crippen molar-refractivity contribution in [2.45, 2.75) is 0 Å². The van der Waals surface area contributed by atoms with Crippen LogP contribution in [0.5, 0.6) is 5.75 Å². The molecule has 0 fully saturated rings. The smallest absolute Gasteiger partial charge is 0.349 e. The van der Waals surface area contributed by atoms with E-state index in [4.69, 9.17) is 9.15 Å². The highest BCUT2D eigenvalue weighted by Gasteiger charge is 2.15. The SMILES string of the molecule is COC(=O)c1cccc(NC(=O)c2cc3cc(OC)ccc3oc2=O)c1. The first-order valence-electron chi connectivity index (χ1n) is 7.63. The average molecular weight is 353 g/mol. The first-order valence-corrected chi connectivity index (χ1v) is 7.63. The van der Waals surface area contributed by atoms with Crippen LogP contribution >= 0.6 is 0 Å². The molecule has 0 aliphatic rings. The number of anilines is 1. The van der Waals surface area contributed by atoms with Crippen molar-refractivity contribution < 1.29 is 23.5 Å². The van der Waals surface area contributed by atoms with E-state index in [1.165, 1.54) is 26.4 Å². The summed E-state index contributed by atoms with van der Waals surface area (Å²) in [5.41, 5.74) is 0.0576. The average Bonchev–Trinajstić information content (AvgIpc) is 2.66. The molecule has 0 atom stereocenters. The number of fused-ring (bicyclic) bond motifs is 1. The summed E-state index contributed by atoms with van der Waals surface area (Å²) in [6.45, 7) is 0. The third-order valence-electron chi connectivity index (χ3n) is 3.73. The van der Waals surface area contributed by atoms with Crippen molar-refractivity contribution in [3.8, 4) is 5.75 Å². The minimum Gasteiger partial charge on any atom is -0.497 e. The Morgan fingerprint density at radius 1 is 1.04 bits per heavy atom. The van der Waals surface area contributed by atoms with Crippen LogP contribution in [0, 0.1) is 0 Å². The van der Waals surface area contributed by atoms with E-state index in [1.54, 1.807) is 36.4 Å². The summed E-state index contributed by atoms with van der Waals surface area (Å²) in [6, 6.07) is 12.5. The molecule has 3 aromatic rings. The Labute approximate surface area is 148 Å². The summed E-state index contributed by atoms with van der Waals surface area (Å²) in [7, 11) is 2.78. The fourth-order valence-electron chi connectivity index (χ4n) is 2.43. The van der Waals surface area contributed by atoms with Crippen LogP contribution in [0.4, 0.5) is 5.69 Å². The Balaban J connectivity index is 1.93.